The second-order valence-electron chi connectivity index (χ2n) is 4.48. The van der Waals surface area contributed by atoms with E-state index in [1.165, 1.54) is 6.07 Å². The number of nitrogens with one attached hydrogen (secondary N) is 1. The Morgan fingerprint density at radius 3 is 2.57 bits per heavy atom. The lowest BCUT2D eigenvalue weighted by Gasteiger charge is -2.10. The second-order valence-corrected chi connectivity index (χ2v) is 5.32. The topological polar surface area (TPSA) is 33.6 Å². The van der Waals surface area contributed by atoms with Gasteiger partial charge in [-0.25, -0.2) is 4.39 Å². The number of benzene rings is 2. The zero-order chi connectivity index (χ0) is 14.8. The van der Waals surface area contributed by atoms with Crippen LogP contribution in [0.5, 0.6) is 11.5 Å². The largest absolute Gasteiger partial charge is 0.453 e. The van der Waals surface area contributed by atoms with Crippen molar-refractivity contribution < 1.29 is 9.13 Å². The summed E-state index contributed by atoms with van der Waals surface area (Å²) in [7, 11) is 0. The standard InChI is InChI=1S/C15H11Cl2FN2O/c16-10-2-4-13(11(17)8-10)21-14-3-1-9(7-12(14)18)15-19-5-6-20-15/h1-4,7-8H,5-6H2,(H,19,20). The number of rotatable bonds is 3. The van der Waals surface area contributed by atoms with Gasteiger partial charge in [-0.05, 0) is 36.4 Å². The van der Waals surface area contributed by atoms with Gasteiger partial charge in [0, 0.05) is 17.1 Å². The minimum absolute atomic E-state index is 0.0987. The van der Waals surface area contributed by atoms with Crippen LogP contribution in [0, 0.1) is 5.82 Å². The first-order valence-corrected chi connectivity index (χ1v) is 7.10. The van der Waals surface area contributed by atoms with Crippen molar-refractivity contribution in [1.29, 1.82) is 0 Å². The SMILES string of the molecule is Fc1cc(C2=NCCN2)ccc1Oc1ccc(Cl)cc1Cl. The van der Waals surface area contributed by atoms with Gasteiger partial charge in [0.2, 0.25) is 0 Å². The predicted octanol–water partition coefficient (Wildman–Crippen LogP) is 4.27. The minimum Gasteiger partial charge on any atom is -0.453 e. The summed E-state index contributed by atoms with van der Waals surface area (Å²) in [5.41, 5.74) is 0.694. The Labute approximate surface area is 131 Å². The molecule has 3 nitrogen and oxygen atoms in total. The first-order valence-electron chi connectivity index (χ1n) is 6.34. The van der Waals surface area contributed by atoms with Crippen molar-refractivity contribution in [3.63, 3.8) is 0 Å². The number of aliphatic imine (C=N–C) groups is 1. The average molecular weight is 325 g/mol. The maximum Gasteiger partial charge on any atom is 0.166 e. The summed E-state index contributed by atoms with van der Waals surface area (Å²) < 4.78 is 19.6. The molecule has 1 heterocycles. The predicted molar refractivity (Wildman–Crippen MR) is 82.3 cm³/mol. The van der Waals surface area contributed by atoms with Gasteiger partial charge in [-0.2, -0.15) is 0 Å². The van der Waals surface area contributed by atoms with Crippen LogP contribution in [-0.2, 0) is 0 Å². The van der Waals surface area contributed by atoms with Crippen LogP contribution in [0.2, 0.25) is 10.0 Å². The molecule has 6 heteroatoms. The molecule has 0 saturated heterocycles. The van der Waals surface area contributed by atoms with Gasteiger partial charge >= 0.3 is 0 Å². The van der Waals surface area contributed by atoms with E-state index in [1.807, 2.05) is 0 Å². The molecule has 0 amide bonds. The van der Waals surface area contributed by atoms with E-state index in [9.17, 15) is 4.39 Å². The van der Waals surface area contributed by atoms with Crippen molar-refractivity contribution in [1.82, 2.24) is 5.32 Å². The summed E-state index contributed by atoms with van der Waals surface area (Å²) in [6.07, 6.45) is 0. The normalized spacial score (nSPS) is 13.8. The zero-order valence-corrected chi connectivity index (χ0v) is 12.4. The fourth-order valence-corrected chi connectivity index (χ4v) is 2.45. The molecule has 108 valence electrons. The summed E-state index contributed by atoms with van der Waals surface area (Å²) in [6.45, 7) is 1.48. The fraction of sp³-hybridized carbons (Fsp3) is 0.133. The molecule has 1 N–H and O–H groups in total. The Morgan fingerprint density at radius 2 is 1.90 bits per heavy atom. The van der Waals surface area contributed by atoms with E-state index in [2.05, 4.69) is 10.3 Å². The van der Waals surface area contributed by atoms with E-state index < -0.39 is 5.82 Å². The first-order chi connectivity index (χ1) is 10.1. The number of ether oxygens (including phenoxy) is 1. The third-order valence-corrected chi connectivity index (χ3v) is 3.52. The molecule has 0 radical (unpaired) electrons. The number of nitrogens with zero attached hydrogens (tertiary/aromatic N) is 1. The molecule has 1 aliphatic heterocycles. The molecule has 3 rings (SSSR count). The van der Waals surface area contributed by atoms with Crippen LogP contribution in [0.25, 0.3) is 0 Å². The highest BCUT2D eigenvalue weighted by molar-refractivity contribution is 6.35. The highest BCUT2D eigenvalue weighted by atomic mass is 35.5. The van der Waals surface area contributed by atoms with Gasteiger partial charge in [-0.3, -0.25) is 4.99 Å². The minimum atomic E-state index is -0.477. The van der Waals surface area contributed by atoms with Crippen molar-refractivity contribution in [3.05, 3.63) is 57.8 Å². The van der Waals surface area contributed by atoms with Crippen LogP contribution in [0.15, 0.2) is 41.4 Å². The van der Waals surface area contributed by atoms with Crippen molar-refractivity contribution in [3.8, 4) is 11.5 Å². The van der Waals surface area contributed by atoms with Crippen LogP contribution in [0.4, 0.5) is 4.39 Å². The molecule has 0 atom stereocenters. The molecular formula is C15H11Cl2FN2O. The molecule has 0 bridgehead atoms. The van der Waals surface area contributed by atoms with E-state index in [0.717, 1.165) is 6.54 Å². The smallest absolute Gasteiger partial charge is 0.166 e. The van der Waals surface area contributed by atoms with Crippen molar-refractivity contribution in [2.45, 2.75) is 0 Å². The number of hydrogen-bond acceptors (Lipinski definition) is 3. The Morgan fingerprint density at radius 1 is 1.10 bits per heavy atom. The molecule has 0 fully saturated rings. The molecule has 0 unspecified atom stereocenters. The lowest BCUT2D eigenvalue weighted by Crippen LogP contribution is -2.19. The summed E-state index contributed by atoms with van der Waals surface area (Å²) in [6, 6.07) is 9.46. The van der Waals surface area contributed by atoms with Gasteiger partial charge in [0.25, 0.3) is 0 Å². The summed E-state index contributed by atoms with van der Waals surface area (Å²) in [5.74, 6) is 0.672. The van der Waals surface area contributed by atoms with E-state index in [4.69, 9.17) is 27.9 Å². The van der Waals surface area contributed by atoms with Crippen LogP contribution < -0.4 is 10.1 Å². The third kappa shape index (κ3) is 3.12. The molecule has 21 heavy (non-hydrogen) atoms. The third-order valence-electron chi connectivity index (χ3n) is 2.99. The molecule has 0 saturated carbocycles. The molecule has 1 aliphatic rings. The highest BCUT2D eigenvalue weighted by Crippen LogP contribution is 2.32. The summed E-state index contributed by atoms with van der Waals surface area (Å²) in [4.78, 5) is 4.25. The Bertz CT molecular complexity index is 719. The van der Waals surface area contributed by atoms with Crippen molar-refractivity contribution in [2.75, 3.05) is 13.1 Å². The van der Waals surface area contributed by atoms with Crippen LogP contribution in [0.3, 0.4) is 0 Å². The monoisotopic (exact) mass is 324 g/mol. The van der Waals surface area contributed by atoms with Gasteiger partial charge < -0.3 is 10.1 Å². The van der Waals surface area contributed by atoms with Gasteiger partial charge in [0.15, 0.2) is 11.6 Å². The summed E-state index contributed by atoms with van der Waals surface area (Å²) >= 11 is 11.8. The molecule has 0 aliphatic carbocycles. The fourth-order valence-electron chi connectivity index (χ4n) is 2.00. The Kier molecular flexibility index (Phi) is 3.99. The first kappa shape index (κ1) is 14.2. The van der Waals surface area contributed by atoms with E-state index in [0.29, 0.717) is 33.7 Å². The number of hydrogen-bond donors (Lipinski definition) is 1. The van der Waals surface area contributed by atoms with E-state index in [1.54, 1.807) is 30.3 Å². The van der Waals surface area contributed by atoms with E-state index in [-0.39, 0.29) is 5.75 Å². The molecule has 2 aromatic rings. The Hall–Kier alpha value is -1.78. The lowest BCUT2D eigenvalue weighted by molar-refractivity contribution is 0.442. The van der Waals surface area contributed by atoms with Gasteiger partial charge in [-0.1, -0.05) is 23.2 Å². The molecule has 0 aromatic heterocycles. The second kappa shape index (κ2) is 5.92. The van der Waals surface area contributed by atoms with Gasteiger partial charge in [-0.15, -0.1) is 0 Å². The Balaban J connectivity index is 1.86. The zero-order valence-electron chi connectivity index (χ0n) is 10.9. The maximum absolute atomic E-state index is 14.1. The molecule has 0 spiro atoms. The number of amidine groups is 1. The average Bonchev–Trinajstić information content (AvgIpc) is 2.98. The highest BCUT2D eigenvalue weighted by Gasteiger charge is 2.13. The van der Waals surface area contributed by atoms with Gasteiger partial charge in [0.1, 0.15) is 11.6 Å². The van der Waals surface area contributed by atoms with Crippen LogP contribution in [-0.4, -0.2) is 18.9 Å². The quantitative estimate of drug-likeness (QED) is 0.914. The van der Waals surface area contributed by atoms with Crippen LogP contribution >= 0.6 is 23.2 Å². The van der Waals surface area contributed by atoms with Crippen molar-refractivity contribution in [2.24, 2.45) is 4.99 Å². The van der Waals surface area contributed by atoms with Crippen molar-refractivity contribution >= 4 is 29.0 Å². The lowest BCUT2D eigenvalue weighted by atomic mass is 10.2. The van der Waals surface area contributed by atoms with Gasteiger partial charge in [0.05, 0.1) is 11.6 Å². The molecular weight excluding hydrogens is 314 g/mol. The maximum atomic E-state index is 14.1. The van der Waals surface area contributed by atoms with E-state index >= 15 is 0 Å². The van der Waals surface area contributed by atoms with Crippen LogP contribution in [0.1, 0.15) is 5.56 Å². The number of halogens is 3. The molecule has 2 aromatic carbocycles. The summed E-state index contributed by atoms with van der Waals surface area (Å²) in [5, 5.41) is 3.91.